The van der Waals surface area contributed by atoms with Crippen LogP contribution in [0.1, 0.15) is 16.7 Å². The number of aryl methyl sites for hydroxylation is 2. The van der Waals surface area contributed by atoms with Crippen LogP contribution in [0, 0.1) is 13.8 Å². The minimum absolute atomic E-state index is 0.699. The van der Waals surface area contributed by atoms with Gasteiger partial charge in [-0.1, -0.05) is 18.2 Å². The molecule has 72 valence electrons. The van der Waals surface area contributed by atoms with Gasteiger partial charge in [-0.15, -0.1) is 0 Å². The topological polar surface area (TPSA) is 38.0 Å². The number of hydrogen-bond acceptors (Lipinski definition) is 2. The van der Waals surface area contributed by atoms with Crippen LogP contribution in [0.5, 0.6) is 0 Å². The minimum atomic E-state index is 0.699. The standard InChI is InChI=1S/C11H18N2/c1-9-4-3-5-10(2)11(9)8-13-7-6-12/h3-5,13H,6-8,12H2,1-2H3. The minimum Gasteiger partial charge on any atom is -0.329 e. The van der Waals surface area contributed by atoms with E-state index in [4.69, 9.17) is 5.73 Å². The third-order valence-corrected chi connectivity index (χ3v) is 2.27. The van der Waals surface area contributed by atoms with Gasteiger partial charge >= 0.3 is 0 Å². The summed E-state index contributed by atoms with van der Waals surface area (Å²) in [4.78, 5) is 0. The molecule has 0 spiro atoms. The van der Waals surface area contributed by atoms with Gasteiger partial charge in [-0.2, -0.15) is 0 Å². The molecule has 2 nitrogen and oxygen atoms in total. The molecule has 0 aliphatic carbocycles. The van der Waals surface area contributed by atoms with Gasteiger partial charge in [0, 0.05) is 19.6 Å². The Balaban J connectivity index is 2.64. The van der Waals surface area contributed by atoms with Crippen LogP contribution in [-0.2, 0) is 6.54 Å². The van der Waals surface area contributed by atoms with Crippen molar-refractivity contribution in [2.75, 3.05) is 13.1 Å². The van der Waals surface area contributed by atoms with Gasteiger partial charge in [0.05, 0.1) is 0 Å². The van der Waals surface area contributed by atoms with E-state index in [9.17, 15) is 0 Å². The Morgan fingerprint density at radius 3 is 2.38 bits per heavy atom. The summed E-state index contributed by atoms with van der Waals surface area (Å²) in [6, 6.07) is 6.38. The summed E-state index contributed by atoms with van der Waals surface area (Å²) in [5, 5.41) is 3.31. The van der Waals surface area contributed by atoms with Crippen LogP contribution in [0.15, 0.2) is 18.2 Å². The number of hydrogen-bond donors (Lipinski definition) is 2. The van der Waals surface area contributed by atoms with Gasteiger partial charge in [0.1, 0.15) is 0 Å². The third kappa shape index (κ3) is 2.83. The van der Waals surface area contributed by atoms with Crippen LogP contribution in [0.3, 0.4) is 0 Å². The maximum Gasteiger partial charge on any atom is 0.0211 e. The molecule has 0 saturated heterocycles. The van der Waals surface area contributed by atoms with E-state index in [0.717, 1.165) is 13.1 Å². The van der Waals surface area contributed by atoms with Crippen LogP contribution in [0.2, 0.25) is 0 Å². The van der Waals surface area contributed by atoms with E-state index in [2.05, 4.69) is 37.4 Å². The fraction of sp³-hybridized carbons (Fsp3) is 0.455. The molecule has 0 atom stereocenters. The molecule has 1 aromatic rings. The van der Waals surface area contributed by atoms with Crippen molar-refractivity contribution in [1.82, 2.24) is 5.32 Å². The average Bonchev–Trinajstić information content (AvgIpc) is 2.10. The first-order valence-electron chi connectivity index (χ1n) is 4.71. The summed E-state index contributed by atoms with van der Waals surface area (Å²) in [6.45, 7) is 6.80. The van der Waals surface area contributed by atoms with E-state index in [1.54, 1.807) is 0 Å². The first-order chi connectivity index (χ1) is 6.25. The van der Waals surface area contributed by atoms with Crippen molar-refractivity contribution >= 4 is 0 Å². The monoisotopic (exact) mass is 178 g/mol. The van der Waals surface area contributed by atoms with Crippen molar-refractivity contribution in [3.05, 3.63) is 34.9 Å². The Morgan fingerprint density at radius 1 is 1.23 bits per heavy atom. The summed E-state index contributed by atoms with van der Waals surface area (Å²) in [5.41, 5.74) is 9.51. The van der Waals surface area contributed by atoms with Crippen molar-refractivity contribution < 1.29 is 0 Å². The molecule has 1 rings (SSSR count). The number of benzene rings is 1. The summed E-state index contributed by atoms with van der Waals surface area (Å²) in [6.07, 6.45) is 0. The highest BCUT2D eigenvalue weighted by Crippen LogP contribution is 2.12. The maximum absolute atomic E-state index is 5.41. The van der Waals surface area contributed by atoms with Gasteiger partial charge in [-0.25, -0.2) is 0 Å². The van der Waals surface area contributed by atoms with E-state index in [1.165, 1.54) is 16.7 Å². The summed E-state index contributed by atoms with van der Waals surface area (Å²) in [7, 11) is 0. The third-order valence-electron chi connectivity index (χ3n) is 2.27. The zero-order valence-corrected chi connectivity index (χ0v) is 8.43. The Hall–Kier alpha value is -0.860. The largest absolute Gasteiger partial charge is 0.329 e. The van der Waals surface area contributed by atoms with Crippen LogP contribution in [0.4, 0.5) is 0 Å². The van der Waals surface area contributed by atoms with E-state index >= 15 is 0 Å². The van der Waals surface area contributed by atoms with Gasteiger partial charge in [0.25, 0.3) is 0 Å². The Bertz CT molecular complexity index is 249. The van der Waals surface area contributed by atoms with Crippen molar-refractivity contribution in [2.45, 2.75) is 20.4 Å². The lowest BCUT2D eigenvalue weighted by Gasteiger charge is -2.09. The van der Waals surface area contributed by atoms with Crippen LogP contribution < -0.4 is 11.1 Å². The first kappa shape index (κ1) is 10.2. The molecule has 0 aliphatic rings. The van der Waals surface area contributed by atoms with Gasteiger partial charge in [0.15, 0.2) is 0 Å². The normalized spacial score (nSPS) is 10.4. The summed E-state index contributed by atoms with van der Waals surface area (Å²) < 4.78 is 0. The Morgan fingerprint density at radius 2 is 1.85 bits per heavy atom. The molecular weight excluding hydrogens is 160 g/mol. The zero-order chi connectivity index (χ0) is 9.68. The molecule has 0 aliphatic heterocycles. The van der Waals surface area contributed by atoms with Crippen molar-refractivity contribution in [3.8, 4) is 0 Å². The molecular formula is C11H18N2. The molecule has 2 heteroatoms. The number of nitrogens with two attached hydrogens (primary N) is 1. The number of rotatable bonds is 4. The molecule has 3 N–H and O–H groups in total. The van der Waals surface area contributed by atoms with Crippen LogP contribution in [0.25, 0.3) is 0 Å². The highest BCUT2D eigenvalue weighted by molar-refractivity contribution is 5.33. The highest BCUT2D eigenvalue weighted by atomic mass is 14.9. The van der Waals surface area contributed by atoms with Crippen LogP contribution >= 0.6 is 0 Å². The molecule has 0 bridgehead atoms. The fourth-order valence-electron chi connectivity index (χ4n) is 1.44. The predicted octanol–water partition coefficient (Wildman–Crippen LogP) is 1.35. The quantitative estimate of drug-likeness (QED) is 0.683. The first-order valence-corrected chi connectivity index (χ1v) is 4.71. The van der Waals surface area contributed by atoms with E-state index in [0.29, 0.717) is 6.54 Å². The SMILES string of the molecule is Cc1cccc(C)c1CNCCN. The fourth-order valence-corrected chi connectivity index (χ4v) is 1.44. The molecule has 0 aromatic heterocycles. The van der Waals surface area contributed by atoms with Crippen molar-refractivity contribution in [2.24, 2.45) is 5.73 Å². The van der Waals surface area contributed by atoms with E-state index < -0.39 is 0 Å². The maximum atomic E-state index is 5.41. The molecule has 0 heterocycles. The van der Waals surface area contributed by atoms with Crippen LogP contribution in [-0.4, -0.2) is 13.1 Å². The van der Waals surface area contributed by atoms with Crippen molar-refractivity contribution in [1.29, 1.82) is 0 Å². The van der Waals surface area contributed by atoms with Crippen molar-refractivity contribution in [3.63, 3.8) is 0 Å². The molecule has 13 heavy (non-hydrogen) atoms. The zero-order valence-electron chi connectivity index (χ0n) is 8.43. The second-order valence-corrected chi connectivity index (χ2v) is 3.34. The Kier molecular flexibility index (Phi) is 3.93. The van der Waals surface area contributed by atoms with Gasteiger partial charge in [0.2, 0.25) is 0 Å². The van der Waals surface area contributed by atoms with Gasteiger partial charge in [-0.05, 0) is 30.5 Å². The molecule has 0 fully saturated rings. The highest BCUT2D eigenvalue weighted by Gasteiger charge is 1.99. The molecule has 1 aromatic carbocycles. The summed E-state index contributed by atoms with van der Waals surface area (Å²) >= 11 is 0. The van der Waals surface area contributed by atoms with E-state index in [1.807, 2.05) is 0 Å². The molecule has 0 unspecified atom stereocenters. The predicted molar refractivity (Wildman–Crippen MR) is 56.7 cm³/mol. The van der Waals surface area contributed by atoms with Gasteiger partial charge < -0.3 is 11.1 Å². The Labute approximate surface area is 80.1 Å². The summed E-state index contributed by atoms with van der Waals surface area (Å²) in [5.74, 6) is 0. The molecule has 0 amide bonds. The second-order valence-electron chi connectivity index (χ2n) is 3.34. The molecule has 0 radical (unpaired) electrons. The lowest BCUT2D eigenvalue weighted by molar-refractivity contribution is 0.690. The average molecular weight is 178 g/mol. The lowest BCUT2D eigenvalue weighted by atomic mass is 10.0. The smallest absolute Gasteiger partial charge is 0.0211 e. The van der Waals surface area contributed by atoms with Gasteiger partial charge in [-0.3, -0.25) is 0 Å². The van der Waals surface area contributed by atoms with E-state index in [-0.39, 0.29) is 0 Å². The second kappa shape index (κ2) is 5.00. The molecule has 0 saturated carbocycles. The number of nitrogens with one attached hydrogen (secondary N) is 1. The lowest BCUT2D eigenvalue weighted by Crippen LogP contribution is -2.22.